The highest BCUT2D eigenvalue weighted by Gasteiger charge is 2.32. The van der Waals surface area contributed by atoms with Crippen LogP contribution in [0, 0.1) is 5.82 Å². The Bertz CT molecular complexity index is 874. The Morgan fingerprint density at radius 2 is 1.92 bits per heavy atom. The molecule has 3 heterocycles. The number of hydrogen-bond donors (Lipinski definition) is 2. The Balaban J connectivity index is 1.37. The number of benzene rings is 1. The summed E-state index contributed by atoms with van der Waals surface area (Å²) in [4.78, 5) is 22.4. The lowest BCUT2D eigenvalue weighted by Crippen LogP contribution is -2.57. The number of halogens is 1. The third kappa shape index (κ3) is 3.18. The van der Waals surface area contributed by atoms with E-state index in [4.69, 9.17) is 0 Å². The molecule has 0 unspecified atom stereocenters. The SMILES string of the molecule is O=C(c1cc(-c2ccc(F)cc2)n[nH]1)N1CC(Nc2ncccn2)C1. The predicted octanol–water partition coefficient (Wildman–Crippen LogP) is 1.94. The quantitative estimate of drug-likeness (QED) is 0.759. The van der Waals surface area contributed by atoms with Gasteiger partial charge in [0.25, 0.3) is 5.91 Å². The molecular formula is C17H15FN6O. The molecule has 1 aliphatic rings. The average Bonchev–Trinajstić information content (AvgIpc) is 3.09. The van der Waals surface area contributed by atoms with Crippen molar-refractivity contribution in [3.63, 3.8) is 0 Å². The van der Waals surface area contributed by atoms with Crippen molar-refractivity contribution >= 4 is 11.9 Å². The molecule has 7 nitrogen and oxygen atoms in total. The number of carbonyl (C=O) groups is 1. The van der Waals surface area contributed by atoms with E-state index in [9.17, 15) is 9.18 Å². The topological polar surface area (TPSA) is 86.8 Å². The van der Waals surface area contributed by atoms with E-state index in [1.165, 1.54) is 12.1 Å². The maximum atomic E-state index is 13.0. The zero-order chi connectivity index (χ0) is 17.2. The lowest BCUT2D eigenvalue weighted by Gasteiger charge is -2.39. The van der Waals surface area contributed by atoms with E-state index in [-0.39, 0.29) is 17.8 Å². The second-order valence-corrected chi connectivity index (χ2v) is 5.80. The van der Waals surface area contributed by atoms with Crippen LogP contribution >= 0.6 is 0 Å². The molecule has 0 radical (unpaired) electrons. The van der Waals surface area contributed by atoms with E-state index in [1.54, 1.807) is 41.6 Å². The third-order valence-corrected chi connectivity index (χ3v) is 4.02. The molecule has 0 bridgehead atoms. The summed E-state index contributed by atoms with van der Waals surface area (Å²) in [6.07, 6.45) is 3.33. The zero-order valence-corrected chi connectivity index (χ0v) is 13.2. The molecule has 1 amide bonds. The molecule has 25 heavy (non-hydrogen) atoms. The summed E-state index contributed by atoms with van der Waals surface area (Å²) >= 11 is 0. The normalized spacial score (nSPS) is 14.2. The van der Waals surface area contributed by atoms with E-state index < -0.39 is 0 Å². The standard InChI is InChI=1S/C17H15FN6O/c18-12-4-2-11(3-5-12)14-8-15(23-22-14)16(25)24-9-13(10-24)21-17-19-6-1-7-20-17/h1-8,13H,9-10H2,(H,22,23)(H,19,20,21). The van der Waals surface area contributed by atoms with E-state index in [0.29, 0.717) is 30.4 Å². The van der Waals surface area contributed by atoms with E-state index in [1.807, 2.05) is 0 Å². The van der Waals surface area contributed by atoms with Crippen LogP contribution < -0.4 is 5.32 Å². The molecule has 0 spiro atoms. The number of nitrogens with zero attached hydrogens (tertiary/aromatic N) is 4. The van der Waals surface area contributed by atoms with Crippen molar-refractivity contribution in [3.05, 3.63) is 60.3 Å². The van der Waals surface area contributed by atoms with Crippen molar-refractivity contribution in [2.24, 2.45) is 0 Å². The molecule has 1 saturated heterocycles. The van der Waals surface area contributed by atoms with Crippen LogP contribution in [0.2, 0.25) is 0 Å². The summed E-state index contributed by atoms with van der Waals surface area (Å²) in [7, 11) is 0. The number of carbonyl (C=O) groups excluding carboxylic acids is 1. The van der Waals surface area contributed by atoms with Crippen LogP contribution in [-0.2, 0) is 0 Å². The highest BCUT2D eigenvalue weighted by molar-refractivity contribution is 5.94. The number of anilines is 1. The van der Waals surface area contributed by atoms with E-state index in [2.05, 4.69) is 25.5 Å². The van der Waals surface area contributed by atoms with Crippen LogP contribution in [0.25, 0.3) is 11.3 Å². The summed E-state index contributed by atoms with van der Waals surface area (Å²) < 4.78 is 13.0. The lowest BCUT2D eigenvalue weighted by molar-refractivity contribution is 0.0618. The minimum Gasteiger partial charge on any atom is -0.348 e. The first kappa shape index (κ1) is 15.3. The van der Waals surface area contributed by atoms with Crippen molar-refractivity contribution in [1.29, 1.82) is 0 Å². The summed E-state index contributed by atoms with van der Waals surface area (Å²) in [5.41, 5.74) is 1.77. The minimum atomic E-state index is -0.308. The Morgan fingerprint density at radius 3 is 2.64 bits per heavy atom. The molecule has 8 heteroatoms. The number of H-pyrrole nitrogens is 1. The van der Waals surface area contributed by atoms with Gasteiger partial charge in [-0.2, -0.15) is 5.10 Å². The van der Waals surface area contributed by atoms with Gasteiger partial charge >= 0.3 is 0 Å². The Morgan fingerprint density at radius 1 is 1.20 bits per heavy atom. The maximum Gasteiger partial charge on any atom is 0.272 e. The molecule has 3 aromatic rings. The van der Waals surface area contributed by atoms with Crippen LogP contribution in [0.3, 0.4) is 0 Å². The van der Waals surface area contributed by atoms with Crippen LogP contribution in [0.1, 0.15) is 10.5 Å². The second-order valence-electron chi connectivity index (χ2n) is 5.80. The van der Waals surface area contributed by atoms with Gasteiger partial charge in [0.15, 0.2) is 0 Å². The monoisotopic (exact) mass is 338 g/mol. The highest BCUT2D eigenvalue weighted by Crippen LogP contribution is 2.20. The summed E-state index contributed by atoms with van der Waals surface area (Å²) in [6, 6.07) is 9.54. The van der Waals surface area contributed by atoms with Gasteiger partial charge in [0.05, 0.1) is 11.7 Å². The second kappa shape index (κ2) is 6.31. The average molecular weight is 338 g/mol. The maximum absolute atomic E-state index is 13.0. The number of hydrogen-bond acceptors (Lipinski definition) is 5. The molecule has 0 atom stereocenters. The first-order valence-electron chi connectivity index (χ1n) is 7.83. The van der Waals surface area contributed by atoms with Gasteiger partial charge in [-0.25, -0.2) is 14.4 Å². The van der Waals surface area contributed by atoms with Gasteiger partial charge in [0.2, 0.25) is 5.95 Å². The fraction of sp³-hybridized carbons (Fsp3) is 0.176. The number of aromatic amines is 1. The number of rotatable bonds is 4. The molecule has 126 valence electrons. The van der Waals surface area contributed by atoms with Crippen molar-refractivity contribution < 1.29 is 9.18 Å². The first-order chi connectivity index (χ1) is 12.2. The van der Waals surface area contributed by atoms with Crippen molar-refractivity contribution in [2.45, 2.75) is 6.04 Å². The summed E-state index contributed by atoms with van der Waals surface area (Å²) in [6.45, 7) is 1.14. The highest BCUT2D eigenvalue weighted by atomic mass is 19.1. The molecule has 1 aromatic carbocycles. The summed E-state index contributed by atoms with van der Waals surface area (Å²) in [5.74, 6) is 0.129. The fourth-order valence-electron chi connectivity index (χ4n) is 2.66. The fourth-order valence-corrected chi connectivity index (χ4v) is 2.66. The van der Waals surface area contributed by atoms with E-state index in [0.717, 1.165) is 5.56 Å². The number of likely N-dealkylation sites (tertiary alicyclic amines) is 1. The Labute approximate surface area is 142 Å². The zero-order valence-electron chi connectivity index (χ0n) is 13.2. The van der Waals surface area contributed by atoms with Crippen molar-refractivity contribution in [1.82, 2.24) is 25.1 Å². The molecular weight excluding hydrogens is 323 g/mol. The molecule has 0 saturated carbocycles. The summed E-state index contributed by atoms with van der Waals surface area (Å²) in [5, 5.41) is 10.1. The lowest BCUT2D eigenvalue weighted by atomic mass is 10.1. The largest absolute Gasteiger partial charge is 0.348 e. The van der Waals surface area contributed by atoms with Gasteiger partial charge in [-0.05, 0) is 36.4 Å². The van der Waals surface area contributed by atoms with Gasteiger partial charge in [-0.3, -0.25) is 9.89 Å². The Hall–Kier alpha value is -3.29. The molecule has 1 aliphatic heterocycles. The minimum absolute atomic E-state index is 0.118. The molecule has 2 aromatic heterocycles. The van der Waals surface area contributed by atoms with Crippen LogP contribution in [0.15, 0.2) is 48.8 Å². The van der Waals surface area contributed by atoms with Crippen molar-refractivity contribution in [2.75, 3.05) is 18.4 Å². The van der Waals surface area contributed by atoms with Crippen LogP contribution in [-0.4, -0.2) is 50.1 Å². The molecule has 1 fully saturated rings. The smallest absolute Gasteiger partial charge is 0.272 e. The van der Waals surface area contributed by atoms with Crippen LogP contribution in [0.5, 0.6) is 0 Å². The molecule has 0 aliphatic carbocycles. The van der Waals surface area contributed by atoms with Gasteiger partial charge in [0, 0.05) is 31.0 Å². The number of amides is 1. The van der Waals surface area contributed by atoms with Crippen molar-refractivity contribution in [3.8, 4) is 11.3 Å². The third-order valence-electron chi connectivity index (χ3n) is 4.02. The van der Waals surface area contributed by atoms with Crippen LogP contribution in [0.4, 0.5) is 10.3 Å². The number of nitrogens with one attached hydrogen (secondary N) is 2. The number of aromatic nitrogens is 4. The van der Waals surface area contributed by atoms with Gasteiger partial charge in [-0.15, -0.1) is 0 Å². The van der Waals surface area contributed by atoms with Gasteiger partial charge < -0.3 is 10.2 Å². The Kier molecular flexibility index (Phi) is 3.85. The molecule has 4 rings (SSSR count). The molecule has 2 N–H and O–H groups in total. The van der Waals surface area contributed by atoms with Gasteiger partial charge in [0.1, 0.15) is 11.5 Å². The first-order valence-corrected chi connectivity index (χ1v) is 7.83. The van der Waals surface area contributed by atoms with Gasteiger partial charge in [-0.1, -0.05) is 0 Å². The predicted molar refractivity (Wildman–Crippen MR) is 89.3 cm³/mol. The van der Waals surface area contributed by atoms with E-state index >= 15 is 0 Å².